The molecule has 3 amide bonds. The van der Waals surface area contributed by atoms with Gasteiger partial charge in [0, 0.05) is 25.9 Å². The van der Waals surface area contributed by atoms with Crippen molar-refractivity contribution in [2.75, 3.05) is 24.6 Å². The molecule has 0 aromatic heterocycles. The molecule has 1 fully saturated rings. The Morgan fingerprint density at radius 3 is 2.52 bits per heavy atom. The lowest BCUT2D eigenvalue weighted by molar-refractivity contribution is -0.160. The molecular weight excluding hydrogens is 398 g/mol. The highest BCUT2D eigenvalue weighted by Gasteiger charge is 2.62. The molecule has 3 rings (SSSR count). The van der Waals surface area contributed by atoms with Crippen molar-refractivity contribution in [1.29, 1.82) is 0 Å². The quantitative estimate of drug-likeness (QED) is 0.640. The number of nitrogens with zero attached hydrogens (tertiary/aromatic N) is 2. The number of ether oxygens (including phenoxy) is 1. The van der Waals surface area contributed by atoms with E-state index in [0.29, 0.717) is 23.7 Å². The van der Waals surface area contributed by atoms with E-state index < -0.39 is 24.1 Å². The van der Waals surface area contributed by atoms with Crippen LogP contribution in [0.3, 0.4) is 0 Å². The molecule has 1 N–H and O–H groups in total. The van der Waals surface area contributed by atoms with Crippen LogP contribution in [0, 0.1) is 11.8 Å². The molecule has 0 radical (unpaired) electrons. The predicted octanol–water partition coefficient (Wildman–Crippen LogP) is 2.33. The fraction of sp³-hybridized carbons (Fsp3) is 0.565. The van der Waals surface area contributed by atoms with Crippen LogP contribution in [0.25, 0.3) is 0 Å². The van der Waals surface area contributed by atoms with Crippen molar-refractivity contribution < 1.29 is 23.9 Å². The number of esters is 1. The zero-order chi connectivity index (χ0) is 22.8. The monoisotopic (exact) mass is 429 g/mol. The molecule has 2 aliphatic heterocycles. The summed E-state index contributed by atoms with van der Waals surface area (Å²) >= 11 is 0. The molecular formula is C23H31N3O5. The van der Waals surface area contributed by atoms with Gasteiger partial charge in [0.15, 0.2) is 6.61 Å². The van der Waals surface area contributed by atoms with Crippen molar-refractivity contribution in [3.63, 3.8) is 0 Å². The minimum Gasteiger partial charge on any atom is -0.452 e. The number of hydrogen-bond donors (Lipinski definition) is 1. The second kappa shape index (κ2) is 9.08. The summed E-state index contributed by atoms with van der Waals surface area (Å²) in [7, 11) is 0. The number of carbonyl (C=O) groups is 4. The van der Waals surface area contributed by atoms with Crippen LogP contribution in [0.15, 0.2) is 24.3 Å². The summed E-state index contributed by atoms with van der Waals surface area (Å²) in [6.45, 7) is 8.32. The maximum Gasteiger partial charge on any atom is 0.354 e. The number of anilines is 1. The molecule has 1 saturated heterocycles. The normalized spacial score (nSPS) is 20.2. The predicted molar refractivity (Wildman–Crippen MR) is 115 cm³/mol. The van der Waals surface area contributed by atoms with Crippen LogP contribution in [-0.2, 0) is 19.1 Å². The fourth-order valence-corrected chi connectivity index (χ4v) is 4.16. The van der Waals surface area contributed by atoms with Crippen LogP contribution >= 0.6 is 0 Å². The van der Waals surface area contributed by atoms with Gasteiger partial charge >= 0.3 is 5.97 Å². The van der Waals surface area contributed by atoms with Crippen molar-refractivity contribution in [3.05, 3.63) is 29.8 Å². The summed E-state index contributed by atoms with van der Waals surface area (Å²) < 4.78 is 5.39. The maximum atomic E-state index is 13.4. The number of benzene rings is 1. The number of carbonyl (C=O) groups excluding carboxylic acids is 4. The van der Waals surface area contributed by atoms with E-state index in [0.717, 1.165) is 6.42 Å². The minimum atomic E-state index is -1.56. The number of hydrogen-bond acceptors (Lipinski definition) is 5. The Balaban J connectivity index is 1.89. The van der Waals surface area contributed by atoms with Gasteiger partial charge < -0.3 is 15.0 Å². The van der Waals surface area contributed by atoms with Gasteiger partial charge in [-0.05, 0) is 30.4 Å². The van der Waals surface area contributed by atoms with Gasteiger partial charge in [0.1, 0.15) is 0 Å². The van der Waals surface area contributed by atoms with Gasteiger partial charge in [-0.2, -0.15) is 0 Å². The molecule has 2 heterocycles. The van der Waals surface area contributed by atoms with Crippen molar-refractivity contribution in [2.45, 2.75) is 52.6 Å². The highest BCUT2D eigenvalue weighted by molar-refractivity contribution is 6.15. The third-order valence-electron chi connectivity index (χ3n) is 5.63. The highest BCUT2D eigenvalue weighted by atomic mass is 16.5. The van der Waals surface area contributed by atoms with E-state index in [1.54, 1.807) is 24.3 Å². The molecule has 0 saturated carbocycles. The van der Waals surface area contributed by atoms with Crippen molar-refractivity contribution >= 4 is 29.4 Å². The second-order valence-electron chi connectivity index (χ2n) is 8.98. The van der Waals surface area contributed by atoms with Crippen LogP contribution in [0.5, 0.6) is 0 Å². The minimum absolute atomic E-state index is 0.0655. The third kappa shape index (κ3) is 4.29. The van der Waals surface area contributed by atoms with Crippen LogP contribution in [0.4, 0.5) is 5.69 Å². The van der Waals surface area contributed by atoms with Crippen LogP contribution < -0.4 is 10.2 Å². The largest absolute Gasteiger partial charge is 0.452 e. The SMILES string of the molecule is CC(C)CCNC(=O)COC(=O)[C@]12CCC(=O)N1c1ccccc1C(=O)N2CC(C)C. The summed E-state index contributed by atoms with van der Waals surface area (Å²) in [6.07, 6.45) is 1.07. The lowest BCUT2D eigenvalue weighted by atomic mass is 9.95. The highest BCUT2D eigenvalue weighted by Crippen LogP contribution is 2.45. The maximum absolute atomic E-state index is 13.4. The Kier molecular flexibility index (Phi) is 6.67. The van der Waals surface area contributed by atoms with Gasteiger partial charge in [0.25, 0.3) is 11.8 Å². The summed E-state index contributed by atoms with van der Waals surface area (Å²) in [4.78, 5) is 54.6. The number of para-hydroxylation sites is 1. The Morgan fingerprint density at radius 1 is 1.13 bits per heavy atom. The summed E-state index contributed by atoms with van der Waals surface area (Å²) in [5, 5.41) is 2.73. The topological polar surface area (TPSA) is 96.0 Å². The summed E-state index contributed by atoms with van der Waals surface area (Å²) in [6, 6.07) is 6.80. The van der Waals surface area contributed by atoms with Crippen LogP contribution in [0.2, 0.25) is 0 Å². The fourth-order valence-electron chi connectivity index (χ4n) is 4.16. The van der Waals surface area contributed by atoms with Crippen molar-refractivity contribution in [3.8, 4) is 0 Å². The van der Waals surface area contributed by atoms with Gasteiger partial charge in [-0.1, -0.05) is 39.8 Å². The first kappa shape index (κ1) is 22.8. The molecule has 0 bridgehead atoms. The molecule has 1 aromatic carbocycles. The second-order valence-corrected chi connectivity index (χ2v) is 8.98. The molecule has 0 aliphatic carbocycles. The molecule has 168 valence electrons. The van der Waals surface area contributed by atoms with E-state index >= 15 is 0 Å². The Hall–Kier alpha value is -2.90. The smallest absolute Gasteiger partial charge is 0.354 e. The van der Waals surface area contributed by atoms with E-state index in [4.69, 9.17) is 4.74 Å². The molecule has 8 nitrogen and oxygen atoms in total. The molecule has 1 aromatic rings. The molecule has 0 spiro atoms. The Bertz CT molecular complexity index is 882. The lowest BCUT2D eigenvalue weighted by Crippen LogP contribution is -2.69. The lowest BCUT2D eigenvalue weighted by Gasteiger charge is -2.48. The summed E-state index contributed by atoms with van der Waals surface area (Å²) in [5.74, 6) is -1.20. The van der Waals surface area contributed by atoms with Crippen molar-refractivity contribution in [2.24, 2.45) is 11.8 Å². The first-order chi connectivity index (χ1) is 14.7. The molecule has 2 aliphatic rings. The standard InChI is InChI=1S/C23H31N3O5/c1-15(2)10-12-24-19(27)14-31-22(30)23-11-9-20(28)26(23)18-8-6-5-7-17(18)21(29)25(23)13-16(3)4/h5-8,15-16H,9-14H2,1-4H3,(H,24,27)/t23-/m0/s1. The Morgan fingerprint density at radius 2 is 1.84 bits per heavy atom. The third-order valence-corrected chi connectivity index (χ3v) is 5.63. The van der Waals surface area contributed by atoms with Crippen LogP contribution in [-0.4, -0.2) is 54.0 Å². The van der Waals surface area contributed by atoms with Gasteiger partial charge in [-0.15, -0.1) is 0 Å². The zero-order valence-electron chi connectivity index (χ0n) is 18.6. The van der Waals surface area contributed by atoms with E-state index in [9.17, 15) is 19.2 Å². The van der Waals surface area contributed by atoms with Crippen LogP contribution in [0.1, 0.15) is 57.3 Å². The van der Waals surface area contributed by atoms with Gasteiger partial charge in [0.05, 0.1) is 11.3 Å². The number of nitrogens with one attached hydrogen (secondary N) is 1. The first-order valence-electron chi connectivity index (χ1n) is 10.9. The first-order valence-corrected chi connectivity index (χ1v) is 10.9. The molecule has 31 heavy (non-hydrogen) atoms. The van der Waals surface area contributed by atoms with E-state index in [1.807, 2.05) is 13.8 Å². The average Bonchev–Trinajstić information content (AvgIpc) is 3.07. The van der Waals surface area contributed by atoms with E-state index in [-0.39, 0.29) is 37.1 Å². The van der Waals surface area contributed by atoms with Gasteiger partial charge in [-0.25, -0.2) is 4.79 Å². The van der Waals surface area contributed by atoms with E-state index in [1.165, 1.54) is 9.80 Å². The molecule has 0 unspecified atom stereocenters. The van der Waals surface area contributed by atoms with Crippen molar-refractivity contribution in [1.82, 2.24) is 10.2 Å². The molecule has 1 atom stereocenters. The average molecular weight is 430 g/mol. The van der Waals surface area contributed by atoms with Gasteiger partial charge in [-0.3, -0.25) is 19.3 Å². The summed E-state index contributed by atoms with van der Waals surface area (Å²) in [5.41, 5.74) is -0.771. The number of amides is 3. The number of fused-ring (bicyclic) bond motifs is 3. The zero-order valence-corrected chi connectivity index (χ0v) is 18.6. The molecule has 8 heteroatoms. The van der Waals surface area contributed by atoms with E-state index in [2.05, 4.69) is 19.2 Å². The Labute approximate surface area is 182 Å². The van der Waals surface area contributed by atoms with Gasteiger partial charge in [0.2, 0.25) is 11.6 Å². The number of rotatable bonds is 8.